The molecule has 0 aliphatic rings. The van der Waals surface area contributed by atoms with E-state index in [-0.39, 0.29) is 0 Å². The van der Waals surface area contributed by atoms with Gasteiger partial charge >= 0.3 is 5.97 Å². The lowest BCUT2D eigenvalue weighted by molar-refractivity contribution is -0.141. The van der Waals surface area contributed by atoms with Gasteiger partial charge in [-0.2, -0.15) is 5.26 Å². The van der Waals surface area contributed by atoms with E-state index >= 15 is 0 Å². The van der Waals surface area contributed by atoms with Gasteiger partial charge in [0.2, 0.25) is 0 Å². The fraction of sp³-hybridized carbons (Fsp3) is 0.333. The Bertz CT molecular complexity index is 349. The first-order chi connectivity index (χ1) is 6.15. The number of carboxylic acids is 1. The van der Waals surface area contributed by atoms with Crippen molar-refractivity contribution in [3.63, 3.8) is 0 Å². The minimum atomic E-state index is -0.849. The number of hydrogen-bond acceptors (Lipinski definition) is 2. The van der Waals surface area contributed by atoms with Crippen LogP contribution >= 0.6 is 0 Å². The summed E-state index contributed by atoms with van der Waals surface area (Å²) in [6.07, 6.45) is 1.71. The van der Waals surface area contributed by atoms with Crippen molar-refractivity contribution in [2.24, 2.45) is 5.92 Å². The van der Waals surface area contributed by atoms with Crippen molar-refractivity contribution in [2.45, 2.75) is 13.5 Å². The lowest BCUT2D eigenvalue weighted by Crippen LogP contribution is -2.16. The molecule has 0 fully saturated rings. The smallest absolute Gasteiger partial charge is 0.308 e. The summed E-state index contributed by atoms with van der Waals surface area (Å²) in [6.45, 7) is 1.95. The maximum Gasteiger partial charge on any atom is 0.308 e. The van der Waals surface area contributed by atoms with Crippen LogP contribution in [0.5, 0.6) is 0 Å². The highest BCUT2D eigenvalue weighted by Gasteiger charge is 2.12. The molecule has 1 aromatic heterocycles. The number of nitrogens with zero attached hydrogens (tertiary/aromatic N) is 2. The van der Waals surface area contributed by atoms with Gasteiger partial charge in [0.1, 0.15) is 11.8 Å². The summed E-state index contributed by atoms with van der Waals surface area (Å²) < 4.78 is 1.64. The van der Waals surface area contributed by atoms with E-state index in [1.54, 1.807) is 29.8 Å². The highest BCUT2D eigenvalue weighted by atomic mass is 16.4. The second-order valence-electron chi connectivity index (χ2n) is 2.90. The van der Waals surface area contributed by atoms with Gasteiger partial charge in [-0.05, 0) is 12.1 Å². The molecule has 1 unspecified atom stereocenters. The van der Waals surface area contributed by atoms with Gasteiger partial charge in [0, 0.05) is 12.7 Å². The van der Waals surface area contributed by atoms with E-state index in [1.807, 2.05) is 6.07 Å². The molecule has 1 atom stereocenters. The topological polar surface area (TPSA) is 66.0 Å². The van der Waals surface area contributed by atoms with E-state index in [9.17, 15) is 4.79 Å². The third-order valence-electron chi connectivity index (χ3n) is 1.84. The Morgan fingerprint density at radius 2 is 2.54 bits per heavy atom. The molecule has 4 heteroatoms. The highest BCUT2D eigenvalue weighted by Crippen LogP contribution is 2.05. The number of aliphatic carboxylic acids is 1. The molecule has 13 heavy (non-hydrogen) atoms. The first-order valence-electron chi connectivity index (χ1n) is 3.93. The first kappa shape index (κ1) is 9.33. The molecule has 68 valence electrons. The minimum absolute atomic E-state index is 0.339. The Labute approximate surface area is 76.0 Å². The fourth-order valence-corrected chi connectivity index (χ4v) is 1.05. The summed E-state index contributed by atoms with van der Waals surface area (Å²) in [5, 5.41) is 17.3. The van der Waals surface area contributed by atoms with Crippen molar-refractivity contribution in [1.82, 2.24) is 4.57 Å². The molecular formula is C9H10N2O2. The molecule has 4 nitrogen and oxygen atoms in total. The third kappa shape index (κ3) is 2.09. The average molecular weight is 178 g/mol. The molecule has 0 bridgehead atoms. The van der Waals surface area contributed by atoms with E-state index in [2.05, 4.69) is 0 Å². The van der Waals surface area contributed by atoms with Crippen molar-refractivity contribution in [3.8, 4) is 6.07 Å². The zero-order valence-corrected chi connectivity index (χ0v) is 7.27. The first-order valence-corrected chi connectivity index (χ1v) is 3.93. The molecule has 1 aromatic rings. The molecule has 1 rings (SSSR count). The molecule has 0 aliphatic heterocycles. The largest absolute Gasteiger partial charge is 0.481 e. The van der Waals surface area contributed by atoms with E-state index in [1.165, 1.54) is 0 Å². The molecule has 1 heterocycles. The van der Waals surface area contributed by atoms with Crippen LogP contribution in [0.3, 0.4) is 0 Å². The summed E-state index contributed by atoms with van der Waals surface area (Å²) >= 11 is 0. The van der Waals surface area contributed by atoms with E-state index < -0.39 is 11.9 Å². The summed E-state index contributed by atoms with van der Waals surface area (Å²) in [7, 11) is 0. The van der Waals surface area contributed by atoms with Crippen LogP contribution in [0.1, 0.15) is 12.6 Å². The molecule has 0 aromatic carbocycles. The standard InChI is InChI=1S/C9H10N2O2/c1-7(9(12)13)6-11-4-2-3-8(11)5-10/h2-4,7H,6H2,1H3,(H,12,13). The maximum atomic E-state index is 10.5. The normalized spacial score (nSPS) is 12.0. The summed E-state index contributed by atoms with van der Waals surface area (Å²) in [5.41, 5.74) is 0.494. The Hall–Kier alpha value is -1.76. The van der Waals surface area contributed by atoms with Crippen molar-refractivity contribution in [2.75, 3.05) is 0 Å². The van der Waals surface area contributed by atoms with Crippen LogP contribution in [0.4, 0.5) is 0 Å². The van der Waals surface area contributed by atoms with Gasteiger partial charge in [-0.15, -0.1) is 0 Å². The summed E-state index contributed by atoms with van der Waals surface area (Å²) in [6, 6.07) is 5.38. The number of aromatic nitrogens is 1. The Morgan fingerprint density at radius 1 is 1.85 bits per heavy atom. The van der Waals surface area contributed by atoms with Crippen molar-refractivity contribution in [1.29, 1.82) is 5.26 Å². The van der Waals surface area contributed by atoms with Crippen LogP contribution < -0.4 is 0 Å². The predicted octanol–water partition coefficient (Wildman–Crippen LogP) is 1.08. The van der Waals surface area contributed by atoms with Gasteiger partial charge in [-0.1, -0.05) is 6.92 Å². The Balaban J connectivity index is 2.75. The van der Waals surface area contributed by atoms with Crippen LogP contribution in [-0.2, 0) is 11.3 Å². The zero-order chi connectivity index (χ0) is 9.84. The number of nitriles is 1. The molecule has 0 aliphatic carbocycles. The van der Waals surface area contributed by atoms with E-state index in [4.69, 9.17) is 10.4 Å². The van der Waals surface area contributed by atoms with Crippen LogP contribution in [0, 0.1) is 17.2 Å². The van der Waals surface area contributed by atoms with Crippen LogP contribution in [-0.4, -0.2) is 15.6 Å². The average Bonchev–Trinajstić information content (AvgIpc) is 2.51. The SMILES string of the molecule is CC(Cn1cccc1C#N)C(=O)O. The van der Waals surface area contributed by atoms with Gasteiger partial charge in [0.15, 0.2) is 0 Å². The number of rotatable bonds is 3. The Morgan fingerprint density at radius 3 is 3.08 bits per heavy atom. The highest BCUT2D eigenvalue weighted by molar-refractivity contribution is 5.69. The second-order valence-corrected chi connectivity index (χ2v) is 2.90. The van der Waals surface area contributed by atoms with Gasteiger partial charge in [0.05, 0.1) is 5.92 Å². The monoisotopic (exact) mass is 178 g/mol. The lowest BCUT2D eigenvalue weighted by atomic mass is 10.2. The number of carbonyl (C=O) groups is 1. The van der Waals surface area contributed by atoms with Crippen molar-refractivity contribution >= 4 is 5.97 Å². The summed E-state index contributed by atoms with van der Waals surface area (Å²) in [4.78, 5) is 10.5. The number of carboxylic acid groups (broad SMARTS) is 1. The number of hydrogen-bond donors (Lipinski definition) is 1. The molecule has 0 saturated heterocycles. The molecular weight excluding hydrogens is 168 g/mol. The van der Waals surface area contributed by atoms with Gasteiger partial charge in [-0.3, -0.25) is 4.79 Å². The minimum Gasteiger partial charge on any atom is -0.481 e. The molecule has 1 N–H and O–H groups in total. The predicted molar refractivity (Wildman–Crippen MR) is 45.9 cm³/mol. The lowest BCUT2D eigenvalue weighted by Gasteiger charge is -2.07. The van der Waals surface area contributed by atoms with Crippen LogP contribution in [0.15, 0.2) is 18.3 Å². The molecule has 0 spiro atoms. The van der Waals surface area contributed by atoms with Crippen LogP contribution in [0.25, 0.3) is 0 Å². The van der Waals surface area contributed by atoms with Gasteiger partial charge in [0.25, 0.3) is 0 Å². The van der Waals surface area contributed by atoms with E-state index in [0.717, 1.165) is 0 Å². The third-order valence-corrected chi connectivity index (χ3v) is 1.84. The maximum absolute atomic E-state index is 10.5. The zero-order valence-electron chi connectivity index (χ0n) is 7.27. The van der Waals surface area contributed by atoms with Crippen LogP contribution in [0.2, 0.25) is 0 Å². The fourth-order valence-electron chi connectivity index (χ4n) is 1.05. The quantitative estimate of drug-likeness (QED) is 0.753. The van der Waals surface area contributed by atoms with Crippen molar-refractivity contribution < 1.29 is 9.90 Å². The van der Waals surface area contributed by atoms with E-state index in [0.29, 0.717) is 12.2 Å². The second kappa shape index (κ2) is 3.76. The molecule has 0 radical (unpaired) electrons. The molecule has 0 amide bonds. The van der Waals surface area contributed by atoms with Gasteiger partial charge < -0.3 is 9.67 Å². The summed E-state index contributed by atoms with van der Waals surface area (Å²) in [5.74, 6) is -1.32. The van der Waals surface area contributed by atoms with Gasteiger partial charge in [-0.25, -0.2) is 0 Å². The van der Waals surface area contributed by atoms with Crippen molar-refractivity contribution in [3.05, 3.63) is 24.0 Å². The Kier molecular flexibility index (Phi) is 2.70. The molecule has 0 saturated carbocycles.